The Morgan fingerprint density at radius 1 is 1.00 bits per heavy atom. The average molecular weight is 360 g/mol. The van der Waals surface area contributed by atoms with Crippen LogP contribution in [-0.4, -0.2) is 40.3 Å². The van der Waals surface area contributed by atoms with E-state index in [4.69, 9.17) is 9.47 Å². The van der Waals surface area contributed by atoms with Crippen LogP contribution in [0.15, 0.2) is 11.1 Å². The first kappa shape index (κ1) is 18.1. The molecule has 3 saturated heterocycles. The van der Waals surface area contributed by atoms with Gasteiger partial charge >= 0.3 is 0 Å². The van der Waals surface area contributed by atoms with Crippen molar-refractivity contribution in [3.8, 4) is 0 Å². The van der Waals surface area contributed by atoms with E-state index in [1.807, 2.05) is 41.5 Å². The second-order valence-corrected chi connectivity index (χ2v) is 9.55. The maximum absolute atomic E-state index is 13.3. The lowest BCUT2D eigenvalue weighted by Gasteiger charge is -2.38. The summed E-state index contributed by atoms with van der Waals surface area (Å²) in [5.74, 6) is 0.124. The number of ketones is 3. The van der Waals surface area contributed by atoms with Crippen molar-refractivity contribution in [2.24, 2.45) is 11.3 Å². The largest absolute Gasteiger partial charge is 0.362 e. The lowest BCUT2D eigenvalue weighted by atomic mass is 9.68. The van der Waals surface area contributed by atoms with E-state index in [9.17, 15) is 14.4 Å². The van der Waals surface area contributed by atoms with Crippen molar-refractivity contribution in [1.29, 1.82) is 0 Å². The SMILES string of the molecule is CC1=C2C[C@@]3(C)O[C@]2(CC1=O)[C@]1(C)O[C@@H]1CC(=O)[C@](C)(C(C)C)CC3=O. The van der Waals surface area contributed by atoms with Gasteiger partial charge in [-0.05, 0) is 37.8 Å². The number of rotatable bonds is 1. The molecule has 3 aliphatic heterocycles. The number of epoxide rings is 1. The number of allylic oxidation sites excluding steroid dienone is 1. The molecule has 1 spiro atoms. The molecule has 0 aromatic rings. The van der Waals surface area contributed by atoms with Gasteiger partial charge < -0.3 is 9.47 Å². The number of carbonyl (C=O) groups is 3. The maximum atomic E-state index is 13.3. The third kappa shape index (κ3) is 1.96. The Hall–Kier alpha value is -1.33. The van der Waals surface area contributed by atoms with E-state index in [1.54, 1.807) is 0 Å². The number of fused-ring (bicyclic) bond motifs is 2. The normalized spacial score (nSPS) is 48.1. The zero-order valence-electron chi connectivity index (χ0n) is 16.5. The summed E-state index contributed by atoms with van der Waals surface area (Å²) < 4.78 is 12.5. The Labute approximate surface area is 154 Å². The summed E-state index contributed by atoms with van der Waals surface area (Å²) in [6.45, 7) is 11.4. The quantitative estimate of drug-likeness (QED) is 0.672. The standard InChI is InChI=1S/C21H28O5/c1-11(2)18(4)10-16(24)19(5)8-13-12(3)14(22)9-21(13,26-19)20(6)17(25-20)7-15(18)23/h11,17H,7-10H2,1-6H3/t17-,18+,19-,20-,21+/m1/s1. The molecule has 2 bridgehead atoms. The van der Waals surface area contributed by atoms with E-state index in [0.717, 1.165) is 5.57 Å². The molecule has 5 heteroatoms. The average Bonchev–Trinajstić information content (AvgIpc) is 2.99. The highest BCUT2D eigenvalue weighted by Crippen LogP contribution is 2.64. The Morgan fingerprint density at radius 2 is 1.65 bits per heavy atom. The fraction of sp³-hybridized carbons (Fsp3) is 0.762. The van der Waals surface area contributed by atoms with Crippen LogP contribution in [0.1, 0.15) is 67.2 Å². The van der Waals surface area contributed by atoms with E-state index >= 15 is 0 Å². The van der Waals surface area contributed by atoms with Crippen molar-refractivity contribution in [3.05, 3.63) is 11.1 Å². The smallest absolute Gasteiger partial charge is 0.165 e. The number of ether oxygens (including phenoxy) is 2. The first-order chi connectivity index (χ1) is 11.9. The van der Waals surface area contributed by atoms with Crippen molar-refractivity contribution in [1.82, 2.24) is 0 Å². The molecule has 0 unspecified atom stereocenters. The van der Waals surface area contributed by atoms with E-state index in [2.05, 4.69) is 0 Å². The molecule has 4 rings (SSSR count). The molecule has 0 aromatic heterocycles. The van der Waals surface area contributed by atoms with Crippen LogP contribution in [0.25, 0.3) is 0 Å². The molecule has 5 atom stereocenters. The van der Waals surface area contributed by atoms with E-state index in [-0.39, 0.29) is 48.6 Å². The molecular formula is C21H28O5. The first-order valence-electron chi connectivity index (χ1n) is 9.58. The lowest BCUT2D eigenvalue weighted by molar-refractivity contribution is -0.163. The monoisotopic (exact) mass is 360 g/mol. The molecule has 0 aromatic carbocycles. The van der Waals surface area contributed by atoms with Crippen molar-refractivity contribution >= 4 is 17.3 Å². The third-order valence-corrected chi connectivity index (χ3v) is 7.83. The van der Waals surface area contributed by atoms with Gasteiger partial charge in [-0.25, -0.2) is 0 Å². The summed E-state index contributed by atoms with van der Waals surface area (Å²) in [6, 6.07) is 0. The van der Waals surface area contributed by atoms with Crippen LogP contribution in [0.4, 0.5) is 0 Å². The molecule has 0 radical (unpaired) electrons. The molecule has 3 heterocycles. The van der Waals surface area contributed by atoms with Gasteiger partial charge in [-0.1, -0.05) is 20.8 Å². The van der Waals surface area contributed by atoms with Gasteiger partial charge in [0.05, 0.1) is 6.10 Å². The number of hydrogen-bond acceptors (Lipinski definition) is 5. The van der Waals surface area contributed by atoms with Gasteiger partial charge in [-0.2, -0.15) is 0 Å². The van der Waals surface area contributed by atoms with Crippen LogP contribution >= 0.6 is 0 Å². The van der Waals surface area contributed by atoms with Crippen LogP contribution < -0.4 is 0 Å². The molecule has 1 aliphatic carbocycles. The molecule has 0 N–H and O–H groups in total. The highest BCUT2D eigenvalue weighted by Gasteiger charge is 2.75. The van der Waals surface area contributed by atoms with Crippen LogP contribution in [0, 0.1) is 11.3 Å². The molecule has 142 valence electrons. The molecular weight excluding hydrogens is 332 g/mol. The van der Waals surface area contributed by atoms with Gasteiger partial charge in [-0.3, -0.25) is 14.4 Å². The molecule has 26 heavy (non-hydrogen) atoms. The second kappa shape index (κ2) is 4.93. The van der Waals surface area contributed by atoms with Gasteiger partial charge in [0.25, 0.3) is 0 Å². The Morgan fingerprint density at radius 3 is 2.27 bits per heavy atom. The third-order valence-electron chi connectivity index (χ3n) is 7.83. The highest BCUT2D eigenvalue weighted by molar-refractivity contribution is 6.02. The molecule has 0 saturated carbocycles. The van der Waals surface area contributed by atoms with E-state index < -0.39 is 22.2 Å². The second-order valence-electron chi connectivity index (χ2n) is 9.55. The van der Waals surface area contributed by atoms with Gasteiger partial charge in [0.2, 0.25) is 0 Å². The summed E-state index contributed by atoms with van der Waals surface area (Å²) in [6.07, 6.45) is 0.787. The Bertz CT molecular complexity index is 779. The van der Waals surface area contributed by atoms with Crippen LogP contribution in [-0.2, 0) is 23.9 Å². The zero-order chi connectivity index (χ0) is 19.3. The predicted octanol–water partition coefficient (Wildman–Crippen LogP) is 2.95. The number of Topliss-reactive ketones (excluding diaryl/α,β-unsaturated/α-hetero) is 3. The van der Waals surface area contributed by atoms with Gasteiger partial charge in [0.15, 0.2) is 11.6 Å². The van der Waals surface area contributed by atoms with Gasteiger partial charge in [0.1, 0.15) is 22.6 Å². The number of carbonyl (C=O) groups excluding carboxylic acids is 3. The van der Waals surface area contributed by atoms with Gasteiger partial charge in [0, 0.05) is 31.1 Å². The Balaban J connectivity index is 1.86. The first-order valence-corrected chi connectivity index (χ1v) is 9.58. The highest BCUT2D eigenvalue weighted by atomic mass is 16.7. The van der Waals surface area contributed by atoms with Crippen molar-refractivity contribution < 1.29 is 23.9 Å². The molecule has 5 nitrogen and oxygen atoms in total. The molecule has 3 fully saturated rings. The minimum Gasteiger partial charge on any atom is -0.362 e. The van der Waals surface area contributed by atoms with Crippen LogP contribution in [0.3, 0.4) is 0 Å². The van der Waals surface area contributed by atoms with Gasteiger partial charge in [-0.15, -0.1) is 0 Å². The fourth-order valence-corrected chi connectivity index (χ4v) is 5.20. The van der Waals surface area contributed by atoms with E-state index in [1.165, 1.54) is 0 Å². The zero-order valence-corrected chi connectivity index (χ0v) is 16.5. The fourth-order valence-electron chi connectivity index (χ4n) is 5.20. The van der Waals surface area contributed by atoms with Crippen LogP contribution in [0.5, 0.6) is 0 Å². The summed E-state index contributed by atoms with van der Waals surface area (Å²) in [5, 5.41) is 0. The number of hydrogen-bond donors (Lipinski definition) is 0. The lowest BCUT2D eigenvalue weighted by Crippen LogP contribution is -2.51. The summed E-state index contributed by atoms with van der Waals surface area (Å²) in [4.78, 5) is 38.9. The predicted molar refractivity (Wildman–Crippen MR) is 94.6 cm³/mol. The summed E-state index contributed by atoms with van der Waals surface area (Å²) in [7, 11) is 0. The molecule has 4 aliphatic rings. The van der Waals surface area contributed by atoms with Crippen LogP contribution in [0.2, 0.25) is 0 Å². The van der Waals surface area contributed by atoms with Crippen molar-refractivity contribution in [2.45, 2.75) is 90.1 Å². The molecule has 0 amide bonds. The minimum atomic E-state index is -1.01. The van der Waals surface area contributed by atoms with Crippen molar-refractivity contribution in [2.75, 3.05) is 0 Å². The minimum absolute atomic E-state index is 0.0457. The summed E-state index contributed by atoms with van der Waals surface area (Å²) >= 11 is 0. The van der Waals surface area contributed by atoms with E-state index in [0.29, 0.717) is 12.0 Å². The Kier molecular flexibility index (Phi) is 3.42. The topological polar surface area (TPSA) is 73.0 Å². The maximum Gasteiger partial charge on any atom is 0.165 e. The summed E-state index contributed by atoms with van der Waals surface area (Å²) in [5.41, 5.74) is -1.74. The van der Waals surface area contributed by atoms with Crippen molar-refractivity contribution in [3.63, 3.8) is 0 Å².